The van der Waals surface area contributed by atoms with E-state index in [4.69, 9.17) is 10.3 Å². The van der Waals surface area contributed by atoms with Crippen molar-refractivity contribution < 1.29 is 14.4 Å². The van der Waals surface area contributed by atoms with Crippen LogP contribution in [0.5, 0.6) is 5.75 Å². The number of hydrogen-bond acceptors (Lipinski definition) is 7. The average molecular weight is 365 g/mol. The second kappa shape index (κ2) is 7.06. The van der Waals surface area contributed by atoms with Gasteiger partial charge in [0.1, 0.15) is 11.6 Å². The fourth-order valence-corrected chi connectivity index (χ4v) is 3.29. The minimum absolute atomic E-state index is 0.0887. The maximum atomic E-state index is 11.4. The summed E-state index contributed by atoms with van der Waals surface area (Å²) in [5.74, 6) is 1.29. The number of amides is 1. The summed E-state index contributed by atoms with van der Waals surface area (Å²) < 4.78 is 5.45. The van der Waals surface area contributed by atoms with Crippen LogP contribution in [0.25, 0.3) is 22.8 Å². The number of phenols is 1. The third-order valence-corrected chi connectivity index (χ3v) is 4.74. The molecule has 8 nitrogen and oxygen atoms in total. The fraction of sp³-hybridized carbons (Fsp3) is 0.263. The zero-order valence-corrected chi connectivity index (χ0v) is 14.6. The number of carbonyl (C=O) groups excluding carboxylic acids is 1. The number of benzene rings is 1. The SMILES string of the molecule is NC(=O)C1CCN(c2ncccc2-c2nc(-c3cccc(O)c3)no2)CC1. The van der Waals surface area contributed by atoms with Gasteiger partial charge in [-0.25, -0.2) is 4.98 Å². The van der Waals surface area contributed by atoms with E-state index < -0.39 is 0 Å². The molecule has 0 unspecified atom stereocenters. The van der Waals surface area contributed by atoms with Gasteiger partial charge in [0.2, 0.25) is 11.7 Å². The van der Waals surface area contributed by atoms with Crippen molar-refractivity contribution in [2.75, 3.05) is 18.0 Å². The van der Waals surface area contributed by atoms with Crippen LogP contribution in [0, 0.1) is 5.92 Å². The molecule has 0 atom stereocenters. The normalized spacial score (nSPS) is 15.0. The predicted octanol–water partition coefficient (Wildman–Crippen LogP) is 2.21. The first-order chi connectivity index (χ1) is 13.1. The number of anilines is 1. The van der Waals surface area contributed by atoms with Crippen LogP contribution in [0.15, 0.2) is 47.1 Å². The smallest absolute Gasteiger partial charge is 0.261 e. The number of aromatic nitrogens is 3. The highest BCUT2D eigenvalue weighted by Gasteiger charge is 2.26. The Bertz CT molecular complexity index is 963. The van der Waals surface area contributed by atoms with Crippen molar-refractivity contribution in [3.63, 3.8) is 0 Å². The quantitative estimate of drug-likeness (QED) is 0.727. The van der Waals surface area contributed by atoms with Gasteiger partial charge >= 0.3 is 0 Å². The van der Waals surface area contributed by atoms with E-state index in [1.807, 2.05) is 12.1 Å². The third-order valence-electron chi connectivity index (χ3n) is 4.74. The number of carbonyl (C=O) groups is 1. The highest BCUT2D eigenvalue weighted by atomic mass is 16.5. The lowest BCUT2D eigenvalue weighted by Gasteiger charge is -2.32. The lowest BCUT2D eigenvalue weighted by atomic mass is 9.96. The lowest BCUT2D eigenvalue weighted by Crippen LogP contribution is -2.39. The van der Waals surface area contributed by atoms with Gasteiger partial charge in [-0.05, 0) is 37.1 Å². The largest absolute Gasteiger partial charge is 0.508 e. The van der Waals surface area contributed by atoms with Crippen molar-refractivity contribution in [3.8, 4) is 28.6 Å². The molecule has 1 aliphatic rings. The van der Waals surface area contributed by atoms with Gasteiger partial charge in [0, 0.05) is 30.8 Å². The number of piperidine rings is 1. The Balaban J connectivity index is 1.62. The number of primary amides is 1. The highest BCUT2D eigenvalue weighted by Crippen LogP contribution is 2.32. The van der Waals surface area contributed by atoms with Crippen LogP contribution in [0.3, 0.4) is 0 Å². The van der Waals surface area contributed by atoms with E-state index in [0.29, 0.717) is 43.2 Å². The van der Waals surface area contributed by atoms with Crippen LogP contribution in [-0.2, 0) is 4.79 Å². The molecule has 8 heteroatoms. The molecule has 3 N–H and O–H groups in total. The molecule has 0 saturated carbocycles. The molecule has 1 saturated heterocycles. The van der Waals surface area contributed by atoms with Gasteiger partial charge in [0.15, 0.2) is 0 Å². The van der Waals surface area contributed by atoms with E-state index in [0.717, 1.165) is 11.4 Å². The van der Waals surface area contributed by atoms with Gasteiger partial charge in [-0.15, -0.1) is 0 Å². The van der Waals surface area contributed by atoms with Gasteiger partial charge in [-0.1, -0.05) is 17.3 Å². The maximum Gasteiger partial charge on any atom is 0.261 e. The van der Waals surface area contributed by atoms with E-state index in [2.05, 4.69) is 20.0 Å². The molecule has 0 aliphatic carbocycles. The Kier molecular flexibility index (Phi) is 4.45. The Morgan fingerprint density at radius 2 is 2.04 bits per heavy atom. The molecule has 2 aromatic heterocycles. The van der Waals surface area contributed by atoms with E-state index in [1.165, 1.54) is 0 Å². The van der Waals surface area contributed by atoms with Crippen LogP contribution in [0.1, 0.15) is 12.8 Å². The van der Waals surface area contributed by atoms with Crippen molar-refractivity contribution in [1.82, 2.24) is 15.1 Å². The van der Waals surface area contributed by atoms with Crippen molar-refractivity contribution in [2.24, 2.45) is 11.7 Å². The van der Waals surface area contributed by atoms with Gasteiger partial charge < -0.3 is 20.3 Å². The molecular weight excluding hydrogens is 346 g/mol. The monoisotopic (exact) mass is 365 g/mol. The van der Waals surface area contributed by atoms with Gasteiger partial charge in [-0.3, -0.25) is 4.79 Å². The second-order valence-corrected chi connectivity index (χ2v) is 6.51. The first kappa shape index (κ1) is 17.0. The first-order valence-electron chi connectivity index (χ1n) is 8.74. The molecule has 0 bridgehead atoms. The summed E-state index contributed by atoms with van der Waals surface area (Å²) in [6.07, 6.45) is 3.11. The molecule has 3 aromatic rings. The average Bonchev–Trinajstić information content (AvgIpc) is 3.18. The number of phenolic OH excluding ortho intramolecular Hbond substituents is 1. The number of nitrogens with zero attached hydrogens (tertiary/aromatic N) is 4. The van der Waals surface area contributed by atoms with Crippen molar-refractivity contribution in [1.29, 1.82) is 0 Å². The minimum Gasteiger partial charge on any atom is -0.508 e. The zero-order valence-electron chi connectivity index (χ0n) is 14.6. The summed E-state index contributed by atoms with van der Waals surface area (Å²) in [6.45, 7) is 1.37. The molecule has 0 radical (unpaired) electrons. The molecule has 3 heterocycles. The standard InChI is InChI=1S/C19H19N5O3/c20-16(26)12-6-9-24(10-7-12)18-15(5-2-8-21-18)19-22-17(23-27-19)13-3-1-4-14(25)11-13/h1-5,8,11-12,25H,6-7,9-10H2,(H2,20,26). The molecule has 1 aromatic carbocycles. The number of rotatable bonds is 4. The van der Waals surface area contributed by atoms with Crippen LogP contribution in [-0.4, -0.2) is 39.2 Å². The number of pyridine rings is 1. The molecule has 0 spiro atoms. The molecule has 138 valence electrons. The molecule has 1 amide bonds. The highest BCUT2D eigenvalue weighted by molar-refractivity contribution is 5.77. The molecular formula is C19H19N5O3. The topological polar surface area (TPSA) is 118 Å². The predicted molar refractivity (Wildman–Crippen MR) is 98.8 cm³/mol. The van der Waals surface area contributed by atoms with E-state index in [-0.39, 0.29) is 17.6 Å². The van der Waals surface area contributed by atoms with E-state index >= 15 is 0 Å². The van der Waals surface area contributed by atoms with Crippen molar-refractivity contribution in [2.45, 2.75) is 12.8 Å². The Morgan fingerprint density at radius 1 is 1.22 bits per heavy atom. The van der Waals surface area contributed by atoms with Gasteiger partial charge in [0.05, 0.1) is 5.56 Å². The second-order valence-electron chi connectivity index (χ2n) is 6.51. The van der Waals surface area contributed by atoms with Crippen LogP contribution in [0.2, 0.25) is 0 Å². The lowest BCUT2D eigenvalue weighted by molar-refractivity contribution is -0.122. The zero-order chi connectivity index (χ0) is 18.8. The first-order valence-corrected chi connectivity index (χ1v) is 8.74. The van der Waals surface area contributed by atoms with Crippen LogP contribution in [0.4, 0.5) is 5.82 Å². The summed E-state index contributed by atoms with van der Waals surface area (Å²) in [5.41, 5.74) is 6.81. The Labute approximate surface area is 155 Å². The summed E-state index contributed by atoms with van der Waals surface area (Å²) in [5, 5.41) is 13.7. The molecule has 1 aliphatic heterocycles. The Morgan fingerprint density at radius 3 is 2.78 bits per heavy atom. The van der Waals surface area contributed by atoms with Crippen LogP contribution >= 0.6 is 0 Å². The number of hydrogen-bond donors (Lipinski definition) is 2. The minimum atomic E-state index is -0.247. The molecule has 4 rings (SSSR count). The summed E-state index contributed by atoms with van der Waals surface area (Å²) in [6, 6.07) is 10.4. The van der Waals surface area contributed by atoms with E-state index in [1.54, 1.807) is 30.5 Å². The van der Waals surface area contributed by atoms with E-state index in [9.17, 15) is 9.90 Å². The molecule has 27 heavy (non-hydrogen) atoms. The number of aromatic hydroxyl groups is 1. The maximum absolute atomic E-state index is 11.4. The van der Waals surface area contributed by atoms with Gasteiger partial charge in [-0.2, -0.15) is 4.98 Å². The number of nitrogens with two attached hydrogens (primary N) is 1. The van der Waals surface area contributed by atoms with Crippen LogP contribution < -0.4 is 10.6 Å². The summed E-state index contributed by atoms with van der Waals surface area (Å²) in [4.78, 5) is 22.4. The third kappa shape index (κ3) is 3.46. The summed E-state index contributed by atoms with van der Waals surface area (Å²) >= 11 is 0. The summed E-state index contributed by atoms with van der Waals surface area (Å²) in [7, 11) is 0. The fourth-order valence-electron chi connectivity index (χ4n) is 3.29. The van der Waals surface area contributed by atoms with Gasteiger partial charge in [0.25, 0.3) is 5.89 Å². The molecule has 1 fully saturated rings. The Hall–Kier alpha value is -3.42. The van der Waals surface area contributed by atoms with Crippen molar-refractivity contribution in [3.05, 3.63) is 42.6 Å². The van der Waals surface area contributed by atoms with Crippen molar-refractivity contribution >= 4 is 11.7 Å².